The molecule has 0 bridgehead atoms. The summed E-state index contributed by atoms with van der Waals surface area (Å²) in [5.41, 5.74) is 4.95. The average molecular weight is 242 g/mol. The number of halogens is 1. The van der Waals surface area contributed by atoms with Crippen molar-refractivity contribution in [1.82, 2.24) is 0 Å². The smallest absolute Gasteiger partial charge is 0.274 e. The number of hydrogen-bond acceptors (Lipinski definition) is 4. The number of benzene rings is 1. The minimum absolute atomic E-state index is 0.0917. The third-order valence-electron chi connectivity index (χ3n) is 2.77. The summed E-state index contributed by atoms with van der Waals surface area (Å²) in [6.45, 7) is 3.07. The predicted octanol–water partition coefficient (Wildman–Crippen LogP) is 1.75. The van der Waals surface area contributed by atoms with Gasteiger partial charge < -0.3 is 10.8 Å². The van der Waals surface area contributed by atoms with Gasteiger partial charge in [-0.3, -0.25) is 10.1 Å². The van der Waals surface area contributed by atoms with Crippen LogP contribution in [0.1, 0.15) is 25.5 Å². The molecular weight excluding hydrogens is 227 g/mol. The molecule has 0 aromatic heterocycles. The Bertz CT molecular complexity index is 435. The van der Waals surface area contributed by atoms with Crippen LogP contribution in [0.25, 0.3) is 0 Å². The van der Waals surface area contributed by atoms with Crippen LogP contribution in [-0.2, 0) is 0 Å². The van der Waals surface area contributed by atoms with Gasteiger partial charge in [0.25, 0.3) is 5.69 Å². The monoisotopic (exact) mass is 242 g/mol. The molecule has 3 N–H and O–H groups in total. The van der Waals surface area contributed by atoms with E-state index in [-0.39, 0.29) is 17.9 Å². The molecule has 0 unspecified atom stereocenters. The molecule has 0 heterocycles. The second kappa shape index (κ2) is 4.77. The molecule has 0 spiro atoms. The van der Waals surface area contributed by atoms with Gasteiger partial charge in [-0.1, -0.05) is 13.8 Å². The minimum Gasteiger partial charge on any atom is -0.396 e. The van der Waals surface area contributed by atoms with Crippen molar-refractivity contribution in [3.63, 3.8) is 0 Å². The lowest BCUT2D eigenvalue weighted by molar-refractivity contribution is -0.386. The molecule has 0 saturated carbocycles. The van der Waals surface area contributed by atoms with Crippen molar-refractivity contribution < 1.29 is 14.4 Å². The predicted molar refractivity (Wildman–Crippen MR) is 60.8 cm³/mol. The van der Waals surface area contributed by atoms with Crippen LogP contribution in [-0.4, -0.2) is 16.6 Å². The van der Waals surface area contributed by atoms with Crippen molar-refractivity contribution >= 4 is 5.69 Å². The second-order valence-corrected chi connectivity index (χ2v) is 4.58. The highest BCUT2D eigenvalue weighted by molar-refractivity contribution is 5.43. The van der Waals surface area contributed by atoms with Gasteiger partial charge in [0.15, 0.2) is 0 Å². The van der Waals surface area contributed by atoms with Crippen LogP contribution in [0.4, 0.5) is 10.1 Å². The highest BCUT2D eigenvalue weighted by Crippen LogP contribution is 2.35. The zero-order chi connectivity index (χ0) is 13.2. The lowest BCUT2D eigenvalue weighted by Crippen LogP contribution is -2.33. The summed E-state index contributed by atoms with van der Waals surface area (Å²) in [5.74, 6) is -0.588. The number of hydrogen-bond donors (Lipinski definition) is 2. The fourth-order valence-corrected chi connectivity index (χ4v) is 1.46. The van der Waals surface area contributed by atoms with E-state index in [0.717, 1.165) is 18.2 Å². The molecule has 5 nitrogen and oxygen atoms in total. The van der Waals surface area contributed by atoms with E-state index in [4.69, 9.17) is 5.73 Å². The molecule has 0 saturated heterocycles. The Hall–Kier alpha value is -1.53. The number of aliphatic hydroxyl groups is 1. The molecule has 1 atom stereocenters. The fraction of sp³-hybridized carbons (Fsp3) is 0.455. The van der Waals surface area contributed by atoms with Gasteiger partial charge in [0.1, 0.15) is 5.82 Å². The third-order valence-corrected chi connectivity index (χ3v) is 2.77. The molecule has 0 aliphatic heterocycles. The van der Waals surface area contributed by atoms with Crippen molar-refractivity contribution in [2.45, 2.75) is 19.9 Å². The molecular formula is C11H15FN2O3. The number of nitrogens with two attached hydrogens (primary N) is 1. The minimum atomic E-state index is -0.816. The summed E-state index contributed by atoms with van der Waals surface area (Å²) in [6.07, 6.45) is 0. The summed E-state index contributed by atoms with van der Waals surface area (Å²) >= 11 is 0. The summed E-state index contributed by atoms with van der Waals surface area (Å²) in [4.78, 5) is 10.2. The zero-order valence-electron chi connectivity index (χ0n) is 9.68. The Labute approximate surface area is 98.2 Å². The first-order valence-electron chi connectivity index (χ1n) is 5.10. The van der Waals surface area contributed by atoms with E-state index in [1.165, 1.54) is 0 Å². The Morgan fingerprint density at radius 2 is 2.18 bits per heavy atom. The number of nitro groups is 1. The molecule has 1 aromatic carbocycles. The summed E-state index contributed by atoms with van der Waals surface area (Å²) in [5, 5.41) is 20.0. The van der Waals surface area contributed by atoms with Crippen LogP contribution in [0, 0.1) is 21.3 Å². The van der Waals surface area contributed by atoms with Crippen LogP contribution in [0.5, 0.6) is 0 Å². The highest BCUT2D eigenvalue weighted by Gasteiger charge is 2.32. The van der Waals surface area contributed by atoms with Gasteiger partial charge in [0.05, 0.1) is 10.5 Å². The van der Waals surface area contributed by atoms with E-state index in [9.17, 15) is 19.6 Å². The van der Waals surface area contributed by atoms with Gasteiger partial charge in [-0.05, 0) is 12.1 Å². The van der Waals surface area contributed by atoms with E-state index >= 15 is 0 Å². The second-order valence-electron chi connectivity index (χ2n) is 4.58. The summed E-state index contributed by atoms with van der Waals surface area (Å²) in [7, 11) is 0. The fourth-order valence-electron chi connectivity index (χ4n) is 1.46. The Morgan fingerprint density at radius 1 is 1.59 bits per heavy atom. The molecule has 0 fully saturated rings. The summed E-state index contributed by atoms with van der Waals surface area (Å²) in [6, 6.07) is 2.32. The van der Waals surface area contributed by atoms with Gasteiger partial charge in [-0.2, -0.15) is 0 Å². The molecule has 1 rings (SSSR count). The van der Waals surface area contributed by atoms with E-state index in [0.29, 0.717) is 0 Å². The molecule has 0 amide bonds. The van der Waals surface area contributed by atoms with Crippen LogP contribution in [0.3, 0.4) is 0 Å². The Balaban J connectivity index is 3.29. The number of nitro benzene ring substituents is 1. The lowest BCUT2D eigenvalue weighted by atomic mass is 9.81. The van der Waals surface area contributed by atoms with Gasteiger partial charge in [-0.15, -0.1) is 0 Å². The molecule has 17 heavy (non-hydrogen) atoms. The molecule has 1 aromatic rings. The van der Waals surface area contributed by atoms with Gasteiger partial charge in [0.2, 0.25) is 0 Å². The van der Waals surface area contributed by atoms with Crippen LogP contribution in [0.2, 0.25) is 0 Å². The topological polar surface area (TPSA) is 89.4 Å². The van der Waals surface area contributed by atoms with E-state index in [1.807, 2.05) is 0 Å². The first-order chi connectivity index (χ1) is 7.79. The Kier molecular flexibility index (Phi) is 3.79. The Morgan fingerprint density at radius 3 is 2.65 bits per heavy atom. The maximum atomic E-state index is 13.1. The largest absolute Gasteiger partial charge is 0.396 e. The van der Waals surface area contributed by atoms with E-state index < -0.39 is 22.2 Å². The van der Waals surface area contributed by atoms with Crippen molar-refractivity contribution in [3.05, 3.63) is 39.7 Å². The third kappa shape index (κ3) is 2.78. The SMILES string of the molecule is CC(C)(CO)[C@@H](N)c1cc(F)ccc1[N+](=O)[O-]. The number of nitrogens with zero attached hydrogens (tertiary/aromatic N) is 1. The van der Waals surface area contributed by atoms with E-state index in [1.54, 1.807) is 13.8 Å². The quantitative estimate of drug-likeness (QED) is 0.621. The van der Waals surface area contributed by atoms with Crippen molar-refractivity contribution in [2.75, 3.05) is 6.61 Å². The number of aliphatic hydroxyl groups excluding tert-OH is 1. The molecule has 0 radical (unpaired) electrons. The standard InChI is InChI=1S/C11H15FN2O3/c1-11(2,6-15)10(13)8-5-7(12)3-4-9(8)14(16)17/h3-5,10,15H,6,13H2,1-2H3/t10-/m0/s1. The van der Waals surface area contributed by atoms with Gasteiger partial charge in [0, 0.05) is 24.1 Å². The van der Waals surface area contributed by atoms with Crippen molar-refractivity contribution in [1.29, 1.82) is 0 Å². The van der Waals surface area contributed by atoms with Crippen molar-refractivity contribution in [3.8, 4) is 0 Å². The van der Waals surface area contributed by atoms with Gasteiger partial charge in [-0.25, -0.2) is 4.39 Å². The zero-order valence-corrected chi connectivity index (χ0v) is 9.68. The maximum Gasteiger partial charge on any atom is 0.274 e. The molecule has 0 aliphatic carbocycles. The first-order valence-corrected chi connectivity index (χ1v) is 5.10. The van der Waals surface area contributed by atoms with E-state index in [2.05, 4.69) is 0 Å². The average Bonchev–Trinajstić information content (AvgIpc) is 2.27. The van der Waals surface area contributed by atoms with Crippen LogP contribution in [0.15, 0.2) is 18.2 Å². The van der Waals surface area contributed by atoms with Crippen molar-refractivity contribution in [2.24, 2.45) is 11.1 Å². The molecule has 0 aliphatic rings. The van der Waals surface area contributed by atoms with Crippen LogP contribution >= 0.6 is 0 Å². The molecule has 94 valence electrons. The molecule has 6 heteroatoms. The normalized spacial score (nSPS) is 13.5. The van der Waals surface area contributed by atoms with Gasteiger partial charge >= 0.3 is 0 Å². The summed E-state index contributed by atoms with van der Waals surface area (Å²) < 4.78 is 13.1. The highest BCUT2D eigenvalue weighted by atomic mass is 19.1. The maximum absolute atomic E-state index is 13.1. The number of rotatable bonds is 4. The van der Waals surface area contributed by atoms with Crippen LogP contribution < -0.4 is 5.73 Å². The lowest BCUT2D eigenvalue weighted by Gasteiger charge is -2.29. The first kappa shape index (κ1) is 13.5.